The fourth-order valence-corrected chi connectivity index (χ4v) is 3.30. The van der Waals surface area contributed by atoms with Gasteiger partial charge in [0.25, 0.3) is 0 Å². The average Bonchev–Trinajstić information content (AvgIpc) is 2.35. The van der Waals surface area contributed by atoms with Crippen molar-refractivity contribution in [3.8, 4) is 0 Å². The van der Waals surface area contributed by atoms with E-state index in [4.69, 9.17) is 0 Å². The van der Waals surface area contributed by atoms with Crippen LogP contribution >= 0.6 is 31.9 Å². The second-order valence-electron chi connectivity index (χ2n) is 3.94. The third kappa shape index (κ3) is 3.18. The zero-order chi connectivity index (χ0) is 13.1. The van der Waals surface area contributed by atoms with Crippen LogP contribution in [-0.4, -0.2) is 0 Å². The van der Waals surface area contributed by atoms with Gasteiger partial charge >= 0.3 is 0 Å². The third-order valence-electron chi connectivity index (χ3n) is 2.65. The van der Waals surface area contributed by atoms with Gasteiger partial charge in [0, 0.05) is 4.83 Å². The summed E-state index contributed by atoms with van der Waals surface area (Å²) in [7, 11) is 0. The van der Waals surface area contributed by atoms with Gasteiger partial charge in [-0.1, -0.05) is 40.2 Å². The number of hydrogen-bond acceptors (Lipinski definition) is 0. The van der Waals surface area contributed by atoms with Crippen LogP contribution in [0.1, 0.15) is 16.0 Å². The highest BCUT2D eigenvalue weighted by Crippen LogP contribution is 2.33. The van der Waals surface area contributed by atoms with Crippen molar-refractivity contribution in [1.82, 2.24) is 0 Å². The molecule has 1 atom stereocenters. The second-order valence-corrected chi connectivity index (χ2v) is 5.84. The van der Waals surface area contributed by atoms with Crippen LogP contribution in [-0.2, 0) is 6.42 Å². The molecule has 2 aromatic carbocycles. The summed E-state index contributed by atoms with van der Waals surface area (Å²) in [4.78, 5) is -0.0203. The zero-order valence-electron chi connectivity index (χ0n) is 9.34. The number of hydrogen-bond donors (Lipinski definition) is 0. The Morgan fingerprint density at radius 2 is 1.67 bits per heavy atom. The summed E-state index contributed by atoms with van der Waals surface area (Å²) >= 11 is 6.78. The average molecular weight is 376 g/mol. The van der Waals surface area contributed by atoms with E-state index in [9.17, 15) is 8.78 Å². The SMILES string of the molecule is Fc1ccc(CC(Br)c2cccc(F)c2Br)cc1. The van der Waals surface area contributed by atoms with Crippen molar-refractivity contribution >= 4 is 31.9 Å². The van der Waals surface area contributed by atoms with E-state index in [0.717, 1.165) is 11.1 Å². The molecule has 94 valence electrons. The first-order valence-electron chi connectivity index (χ1n) is 5.40. The molecule has 0 aliphatic heterocycles. The van der Waals surface area contributed by atoms with E-state index >= 15 is 0 Å². The van der Waals surface area contributed by atoms with E-state index in [2.05, 4.69) is 31.9 Å². The van der Waals surface area contributed by atoms with Crippen molar-refractivity contribution in [2.75, 3.05) is 0 Å². The van der Waals surface area contributed by atoms with Gasteiger partial charge in [-0.05, 0) is 51.7 Å². The number of benzene rings is 2. The molecule has 1 unspecified atom stereocenters. The van der Waals surface area contributed by atoms with Gasteiger partial charge in [-0.3, -0.25) is 0 Å². The van der Waals surface area contributed by atoms with Crippen LogP contribution in [0.4, 0.5) is 8.78 Å². The minimum atomic E-state index is -0.281. The fourth-order valence-electron chi connectivity index (χ4n) is 1.70. The highest BCUT2D eigenvalue weighted by molar-refractivity contribution is 9.11. The molecule has 0 aliphatic carbocycles. The molecule has 4 heteroatoms. The highest BCUT2D eigenvalue weighted by atomic mass is 79.9. The normalized spacial score (nSPS) is 12.4. The molecule has 0 spiro atoms. The Morgan fingerprint density at radius 3 is 2.33 bits per heavy atom. The number of rotatable bonds is 3. The lowest BCUT2D eigenvalue weighted by molar-refractivity contribution is 0.617. The highest BCUT2D eigenvalue weighted by Gasteiger charge is 2.14. The zero-order valence-corrected chi connectivity index (χ0v) is 12.5. The van der Waals surface area contributed by atoms with Crippen LogP contribution in [0.5, 0.6) is 0 Å². The maximum atomic E-state index is 13.4. The Kier molecular flexibility index (Phi) is 4.51. The Morgan fingerprint density at radius 1 is 1.00 bits per heavy atom. The van der Waals surface area contributed by atoms with E-state index in [0.29, 0.717) is 10.9 Å². The lowest BCUT2D eigenvalue weighted by atomic mass is 10.0. The number of alkyl halides is 1. The molecule has 0 aromatic heterocycles. The van der Waals surface area contributed by atoms with Crippen molar-refractivity contribution in [3.05, 3.63) is 69.7 Å². The molecule has 0 saturated heterocycles. The summed E-state index contributed by atoms with van der Waals surface area (Å²) in [5.41, 5.74) is 1.84. The molecule has 0 amide bonds. The van der Waals surface area contributed by atoms with Crippen LogP contribution in [0.25, 0.3) is 0 Å². The van der Waals surface area contributed by atoms with Gasteiger partial charge < -0.3 is 0 Å². The minimum Gasteiger partial charge on any atom is -0.207 e. The van der Waals surface area contributed by atoms with Crippen molar-refractivity contribution in [3.63, 3.8) is 0 Å². The van der Waals surface area contributed by atoms with Crippen LogP contribution < -0.4 is 0 Å². The first-order valence-corrected chi connectivity index (χ1v) is 7.11. The maximum Gasteiger partial charge on any atom is 0.137 e. The molecule has 0 bridgehead atoms. The molecule has 0 heterocycles. The van der Waals surface area contributed by atoms with Gasteiger partial charge in [0.05, 0.1) is 4.47 Å². The van der Waals surface area contributed by atoms with Crippen LogP contribution in [0, 0.1) is 11.6 Å². The standard InChI is InChI=1S/C14H10Br2F2/c15-12(8-9-4-6-10(17)7-5-9)11-2-1-3-13(18)14(11)16/h1-7,12H,8H2. The largest absolute Gasteiger partial charge is 0.207 e. The summed E-state index contributed by atoms with van der Waals surface area (Å²) in [6, 6.07) is 11.3. The summed E-state index contributed by atoms with van der Waals surface area (Å²) in [6.45, 7) is 0. The van der Waals surface area contributed by atoms with Gasteiger partial charge in [0.2, 0.25) is 0 Å². The monoisotopic (exact) mass is 374 g/mol. The first kappa shape index (κ1) is 13.7. The smallest absolute Gasteiger partial charge is 0.137 e. The van der Waals surface area contributed by atoms with Crippen LogP contribution in [0.3, 0.4) is 0 Å². The molecular weight excluding hydrogens is 366 g/mol. The van der Waals surface area contributed by atoms with E-state index in [-0.39, 0.29) is 16.5 Å². The van der Waals surface area contributed by atoms with Crippen LogP contribution in [0.15, 0.2) is 46.9 Å². The summed E-state index contributed by atoms with van der Waals surface area (Å²) in [5.74, 6) is -0.534. The molecule has 2 rings (SSSR count). The van der Waals surface area contributed by atoms with Gasteiger partial charge in [-0.2, -0.15) is 0 Å². The molecule has 0 radical (unpaired) electrons. The van der Waals surface area contributed by atoms with E-state index in [1.807, 2.05) is 6.07 Å². The lowest BCUT2D eigenvalue weighted by Gasteiger charge is -2.12. The summed E-state index contributed by atoms with van der Waals surface area (Å²) in [5, 5.41) is 0. The van der Waals surface area contributed by atoms with Gasteiger partial charge in [0.1, 0.15) is 11.6 Å². The Hall–Kier alpha value is -0.740. The number of halogens is 4. The van der Waals surface area contributed by atoms with Crippen molar-refractivity contribution < 1.29 is 8.78 Å². The van der Waals surface area contributed by atoms with E-state index in [1.54, 1.807) is 18.2 Å². The molecule has 0 fully saturated rings. The minimum absolute atomic E-state index is 0.0203. The summed E-state index contributed by atoms with van der Waals surface area (Å²) < 4.78 is 26.7. The molecule has 18 heavy (non-hydrogen) atoms. The Balaban J connectivity index is 2.19. The lowest BCUT2D eigenvalue weighted by Crippen LogP contribution is -1.98. The van der Waals surface area contributed by atoms with Crippen LogP contribution in [0.2, 0.25) is 0 Å². The van der Waals surface area contributed by atoms with Gasteiger partial charge in [0.15, 0.2) is 0 Å². The molecular formula is C14H10Br2F2. The molecule has 0 nitrogen and oxygen atoms in total. The van der Waals surface area contributed by atoms with Crippen molar-refractivity contribution in [2.24, 2.45) is 0 Å². The third-order valence-corrected chi connectivity index (χ3v) is 4.30. The quantitative estimate of drug-likeness (QED) is 0.629. The predicted molar refractivity (Wildman–Crippen MR) is 75.9 cm³/mol. The van der Waals surface area contributed by atoms with Gasteiger partial charge in [-0.15, -0.1) is 0 Å². The molecule has 2 aromatic rings. The van der Waals surface area contributed by atoms with E-state index < -0.39 is 0 Å². The van der Waals surface area contributed by atoms with Gasteiger partial charge in [-0.25, -0.2) is 8.78 Å². The van der Waals surface area contributed by atoms with Crippen molar-refractivity contribution in [2.45, 2.75) is 11.2 Å². The second kappa shape index (κ2) is 5.93. The molecule has 0 aliphatic rings. The Bertz CT molecular complexity index is 538. The van der Waals surface area contributed by atoms with E-state index in [1.165, 1.54) is 18.2 Å². The first-order chi connectivity index (χ1) is 8.58. The Labute approximate surface area is 121 Å². The maximum absolute atomic E-state index is 13.4. The van der Waals surface area contributed by atoms with Crippen molar-refractivity contribution in [1.29, 1.82) is 0 Å². The predicted octanol–water partition coefficient (Wildman–Crippen LogP) is 5.41. The molecule has 0 saturated carbocycles. The summed E-state index contributed by atoms with van der Waals surface area (Å²) in [6.07, 6.45) is 0.669. The topological polar surface area (TPSA) is 0 Å². The molecule has 0 N–H and O–H groups in total. The fraction of sp³-hybridized carbons (Fsp3) is 0.143.